The maximum absolute atomic E-state index is 2.35. The van der Waals surface area contributed by atoms with Crippen molar-refractivity contribution in [2.45, 2.75) is 20.3 Å². The molecule has 0 spiro atoms. The van der Waals surface area contributed by atoms with E-state index in [-0.39, 0.29) is 0 Å². The highest BCUT2D eigenvalue weighted by molar-refractivity contribution is 8.76. The lowest BCUT2D eigenvalue weighted by Gasteiger charge is -2.27. The zero-order valence-electron chi connectivity index (χ0n) is 5.44. The van der Waals surface area contributed by atoms with Crippen molar-refractivity contribution in [2.24, 2.45) is 5.41 Å². The molecule has 0 aliphatic carbocycles. The van der Waals surface area contributed by atoms with E-state index in [9.17, 15) is 0 Å². The van der Waals surface area contributed by atoms with E-state index in [1.807, 2.05) is 21.6 Å². The van der Waals surface area contributed by atoms with Crippen molar-refractivity contribution in [3.05, 3.63) is 0 Å². The van der Waals surface area contributed by atoms with Crippen LogP contribution in [0.1, 0.15) is 20.3 Å². The van der Waals surface area contributed by atoms with Gasteiger partial charge in [0, 0.05) is 11.5 Å². The van der Waals surface area contributed by atoms with Crippen LogP contribution in [0.3, 0.4) is 0 Å². The molecule has 0 aromatic heterocycles. The Labute approximate surface area is 59.2 Å². The van der Waals surface area contributed by atoms with Gasteiger partial charge in [0.25, 0.3) is 0 Å². The van der Waals surface area contributed by atoms with Gasteiger partial charge in [-0.05, 0) is 11.8 Å². The Kier molecular flexibility index (Phi) is 2.15. The molecule has 1 heterocycles. The molecule has 1 rings (SSSR count). The van der Waals surface area contributed by atoms with E-state index < -0.39 is 0 Å². The summed E-state index contributed by atoms with van der Waals surface area (Å²) in [6.07, 6.45) is 1.39. The van der Waals surface area contributed by atoms with Crippen LogP contribution in [0.4, 0.5) is 0 Å². The quantitative estimate of drug-likeness (QED) is 0.484. The van der Waals surface area contributed by atoms with Gasteiger partial charge < -0.3 is 0 Å². The van der Waals surface area contributed by atoms with Crippen LogP contribution in [0.15, 0.2) is 0 Å². The van der Waals surface area contributed by atoms with E-state index >= 15 is 0 Å². The molecule has 2 heteroatoms. The third kappa shape index (κ3) is 1.90. The van der Waals surface area contributed by atoms with Crippen molar-refractivity contribution in [3.63, 3.8) is 0 Å². The average molecular weight is 148 g/mol. The van der Waals surface area contributed by atoms with Gasteiger partial charge in [-0.2, -0.15) is 0 Å². The second-order valence-corrected chi connectivity index (χ2v) is 5.58. The Balaban J connectivity index is 2.33. The van der Waals surface area contributed by atoms with Crippen LogP contribution in [-0.2, 0) is 0 Å². The van der Waals surface area contributed by atoms with Crippen molar-refractivity contribution in [1.82, 2.24) is 0 Å². The fraction of sp³-hybridized carbons (Fsp3) is 1.00. The summed E-state index contributed by atoms with van der Waals surface area (Å²) in [6.45, 7) is 4.69. The molecule has 1 fully saturated rings. The smallest absolute Gasteiger partial charge is 0.00886 e. The van der Waals surface area contributed by atoms with Crippen LogP contribution < -0.4 is 0 Å². The number of hydrogen-bond donors (Lipinski definition) is 0. The Hall–Kier alpha value is 0.700. The molecule has 1 aliphatic heterocycles. The van der Waals surface area contributed by atoms with Gasteiger partial charge >= 0.3 is 0 Å². The van der Waals surface area contributed by atoms with E-state index in [1.54, 1.807) is 0 Å². The van der Waals surface area contributed by atoms with Crippen LogP contribution in [0.5, 0.6) is 0 Å². The van der Waals surface area contributed by atoms with Crippen molar-refractivity contribution in [3.8, 4) is 0 Å². The van der Waals surface area contributed by atoms with E-state index in [4.69, 9.17) is 0 Å². The molecule has 0 saturated carbocycles. The summed E-state index contributed by atoms with van der Waals surface area (Å²) < 4.78 is 0. The maximum Gasteiger partial charge on any atom is 0.00886 e. The molecule has 0 atom stereocenters. The van der Waals surface area contributed by atoms with Crippen LogP contribution in [0.25, 0.3) is 0 Å². The Bertz CT molecular complexity index is 70.6. The summed E-state index contributed by atoms with van der Waals surface area (Å²) >= 11 is 0. The highest BCUT2D eigenvalue weighted by atomic mass is 33.1. The summed E-state index contributed by atoms with van der Waals surface area (Å²) in [6, 6.07) is 0. The summed E-state index contributed by atoms with van der Waals surface area (Å²) in [7, 11) is 4.03. The first-order chi connectivity index (χ1) is 3.71. The maximum atomic E-state index is 2.35. The van der Waals surface area contributed by atoms with Gasteiger partial charge in [0.15, 0.2) is 0 Å². The van der Waals surface area contributed by atoms with Gasteiger partial charge in [-0.15, -0.1) is 0 Å². The molecule has 0 bridgehead atoms. The largest absolute Gasteiger partial charge is 0.0941 e. The fourth-order valence-electron chi connectivity index (χ4n) is 0.650. The predicted octanol–water partition coefficient (Wildman–Crippen LogP) is 2.80. The molecule has 0 amide bonds. The first kappa shape index (κ1) is 6.81. The van der Waals surface area contributed by atoms with Crippen molar-refractivity contribution in [1.29, 1.82) is 0 Å². The van der Waals surface area contributed by atoms with Crippen LogP contribution in [-0.4, -0.2) is 11.5 Å². The second-order valence-electron chi connectivity index (χ2n) is 3.00. The molecule has 0 N–H and O–H groups in total. The van der Waals surface area contributed by atoms with Crippen molar-refractivity contribution < 1.29 is 0 Å². The molecule has 48 valence electrons. The molecule has 0 unspecified atom stereocenters. The lowest BCUT2D eigenvalue weighted by atomic mass is 9.93. The minimum absolute atomic E-state index is 0.621. The lowest BCUT2D eigenvalue weighted by Crippen LogP contribution is -2.17. The monoisotopic (exact) mass is 148 g/mol. The van der Waals surface area contributed by atoms with E-state index in [0.717, 1.165) is 0 Å². The van der Waals surface area contributed by atoms with E-state index in [2.05, 4.69) is 13.8 Å². The van der Waals surface area contributed by atoms with Gasteiger partial charge in [-0.3, -0.25) is 0 Å². The zero-order chi connectivity index (χ0) is 6.04. The molecular formula is C6H12S2. The summed E-state index contributed by atoms with van der Waals surface area (Å²) in [5.41, 5.74) is 0.621. The van der Waals surface area contributed by atoms with Crippen molar-refractivity contribution in [2.75, 3.05) is 11.5 Å². The highest BCUT2D eigenvalue weighted by Gasteiger charge is 2.21. The third-order valence-corrected chi connectivity index (χ3v) is 4.19. The van der Waals surface area contributed by atoms with Crippen molar-refractivity contribution >= 4 is 21.6 Å². The zero-order valence-corrected chi connectivity index (χ0v) is 7.07. The van der Waals surface area contributed by atoms with Gasteiger partial charge in [0.2, 0.25) is 0 Å². The van der Waals surface area contributed by atoms with E-state index in [1.165, 1.54) is 17.9 Å². The molecule has 0 aromatic carbocycles. The number of hydrogen-bond acceptors (Lipinski definition) is 2. The summed E-state index contributed by atoms with van der Waals surface area (Å²) in [5, 5.41) is 0. The Morgan fingerprint density at radius 1 is 1.25 bits per heavy atom. The Morgan fingerprint density at radius 2 is 2.00 bits per heavy atom. The van der Waals surface area contributed by atoms with E-state index in [0.29, 0.717) is 5.41 Å². The predicted molar refractivity (Wildman–Crippen MR) is 43.3 cm³/mol. The fourth-order valence-corrected chi connectivity index (χ4v) is 3.76. The topological polar surface area (TPSA) is 0 Å². The molecule has 1 aliphatic rings. The third-order valence-electron chi connectivity index (χ3n) is 1.40. The standard InChI is InChI=1S/C6H12S2/c1-6(2)3-4-7-8-5-6/h3-5H2,1-2H3. The van der Waals surface area contributed by atoms with Gasteiger partial charge in [0.1, 0.15) is 0 Å². The second kappa shape index (κ2) is 2.53. The normalized spacial score (nSPS) is 27.8. The molecular weight excluding hydrogens is 136 g/mol. The minimum Gasteiger partial charge on any atom is -0.0941 e. The first-order valence-electron chi connectivity index (χ1n) is 2.95. The minimum atomic E-state index is 0.621. The molecule has 1 saturated heterocycles. The summed E-state index contributed by atoms with van der Waals surface area (Å²) in [5.74, 6) is 2.68. The number of rotatable bonds is 0. The van der Waals surface area contributed by atoms with Gasteiger partial charge in [-0.25, -0.2) is 0 Å². The van der Waals surface area contributed by atoms with Gasteiger partial charge in [0.05, 0.1) is 0 Å². The Morgan fingerprint density at radius 3 is 2.25 bits per heavy atom. The molecule has 8 heavy (non-hydrogen) atoms. The summed E-state index contributed by atoms with van der Waals surface area (Å²) in [4.78, 5) is 0. The highest BCUT2D eigenvalue weighted by Crippen LogP contribution is 2.39. The van der Waals surface area contributed by atoms with Crippen LogP contribution >= 0.6 is 21.6 Å². The lowest BCUT2D eigenvalue weighted by molar-refractivity contribution is 0.410. The van der Waals surface area contributed by atoms with Crippen LogP contribution in [0.2, 0.25) is 0 Å². The van der Waals surface area contributed by atoms with Crippen LogP contribution in [0, 0.1) is 5.41 Å². The SMILES string of the molecule is CC1(C)CCSSC1. The molecule has 0 radical (unpaired) electrons. The molecule has 0 aromatic rings. The van der Waals surface area contributed by atoms with Gasteiger partial charge in [-0.1, -0.05) is 35.4 Å². The average Bonchev–Trinajstić information content (AvgIpc) is 1.65. The first-order valence-corrected chi connectivity index (χ1v) is 5.44. The molecule has 0 nitrogen and oxygen atoms in total.